The molecule has 0 aliphatic rings. The molecule has 1 aromatic carbocycles. The zero-order valence-corrected chi connectivity index (χ0v) is 13.5. The van der Waals surface area contributed by atoms with Crippen molar-refractivity contribution in [1.82, 2.24) is 25.1 Å². The van der Waals surface area contributed by atoms with E-state index in [-0.39, 0.29) is 18.4 Å². The normalized spacial score (nSPS) is 12.0. The number of hydrogen-bond donors (Lipinski definition) is 1. The van der Waals surface area contributed by atoms with E-state index in [1.807, 2.05) is 42.6 Å². The monoisotopic (exact) mass is 327 g/mol. The lowest BCUT2D eigenvalue weighted by atomic mass is 10.2. The fourth-order valence-electron chi connectivity index (χ4n) is 2.13. The Balaban J connectivity index is 1.53. The third-order valence-corrected chi connectivity index (χ3v) is 4.34. The standard InChI is InChI=1S/C16H17N5OS/c1-12(21-11-17-10-19-21)8-18-15(22)7-14-9-23-16(20-14)13-5-3-2-4-6-13/h2-6,9-12H,7-8H2,1H3,(H,18,22)/t12-/m0/s1. The van der Waals surface area contributed by atoms with Crippen LogP contribution in [0.5, 0.6) is 0 Å². The summed E-state index contributed by atoms with van der Waals surface area (Å²) in [5, 5.41) is 9.83. The van der Waals surface area contributed by atoms with Crippen LogP contribution in [0.15, 0.2) is 48.4 Å². The van der Waals surface area contributed by atoms with Crippen LogP contribution in [0.2, 0.25) is 0 Å². The Bertz CT molecular complexity index is 754. The highest BCUT2D eigenvalue weighted by Crippen LogP contribution is 2.23. The van der Waals surface area contributed by atoms with Crippen molar-refractivity contribution in [3.63, 3.8) is 0 Å². The van der Waals surface area contributed by atoms with Crippen molar-refractivity contribution < 1.29 is 4.79 Å². The summed E-state index contributed by atoms with van der Waals surface area (Å²) in [6.45, 7) is 2.49. The van der Waals surface area contributed by atoms with Gasteiger partial charge in [0, 0.05) is 17.5 Å². The summed E-state index contributed by atoms with van der Waals surface area (Å²) in [7, 11) is 0. The second kappa shape index (κ2) is 7.15. The van der Waals surface area contributed by atoms with E-state index < -0.39 is 0 Å². The minimum Gasteiger partial charge on any atom is -0.354 e. The first-order valence-corrected chi connectivity index (χ1v) is 8.21. The Labute approximate surface area is 138 Å². The van der Waals surface area contributed by atoms with Gasteiger partial charge in [0.1, 0.15) is 17.7 Å². The third-order valence-electron chi connectivity index (χ3n) is 3.40. The Kier molecular flexibility index (Phi) is 4.77. The van der Waals surface area contributed by atoms with E-state index in [4.69, 9.17) is 0 Å². The van der Waals surface area contributed by atoms with Crippen LogP contribution in [0, 0.1) is 0 Å². The number of nitrogens with zero attached hydrogens (tertiary/aromatic N) is 4. The maximum Gasteiger partial charge on any atom is 0.226 e. The van der Waals surface area contributed by atoms with E-state index in [2.05, 4.69) is 20.4 Å². The van der Waals surface area contributed by atoms with Crippen molar-refractivity contribution in [2.45, 2.75) is 19.4 Å². The maximum absolute atomic E-state index is 12.0. The van der Waals surface area contributed by atoms with Gasteiger partial charge in [-0.25, -0.2) is 14.6 Å². The van der Waals surface area contributed by atoms with Crippen molar-refractivity contribution in [3.8, 4) is 10.6 Å². The summed E-state index contributed by atoms with van der Waals surface area (Å²) in [6.07, 6.45) is 3.41. The minimum absolute atomic E-state index is 0.0399. The SMILES string of the molecule is C[C@@H](CNC(=O)Cc1csc(-c2ccccc2)n1)n1cncn1. The van der Waals surface area contributed by atoms with Crippen molar-refractivity contribution in [2.75, 3.05) is 6.54 Å². The zero-order chi connectivity index (χ0) is 16.1. The number of carbonyl (C=O) groups is 1. The third kappa shape index (κ3) is 4.01. The van der Waals surface area contributed by atoms with Crippen molar-refractivity contribution in [1.29, 1.82) is 0 Å². The van der Waals surface area contributed by atoms with Gasteiger partial charge in [-0.3, -0.25) is 4.79 Å². The topological polar surface area (TPSA) is 72.7 Å². The highest BCUT2D eigenvalue weighted by Gasteiger charge is 2.11. The fraction of sp³-hybridized carbons (Fsp3) is 0.250. The van der Waals surface area contributed by atoms with Crippen LogP contribution >= 0.6 is 11.3 Å². The van der Waals surface area contributed by atoms with Crippen molar-refractivity contribution >= 4 is 17.2 Å². The van der Waals surface area contributed by atoms with E-state index in [0.29, 0.717) is 6.54 Å². The molecule has 23 heavy (non-hydrogen) atoms. The lowest BCUT2D eigenvalue weighted by molar-refractivity contribution is -0.120. The predicted molar refractivity (Wildman–Crippen MR) is 89.0 cm³/mol. The molecule has 0 bridgehead atoms. The molecule has 0 spiro atoms. The Morgan fingerprint density at radius 2 is 2.17 bits per heavy atom. The first kappa shape index (κ1) is 15.4. The molecule has 0 unspecified atom stereocenters. The van der Waals surface area contributed by atoms with E-state index in [0.717, 1.165) is 16.3 Å². The fourth-order valence-corrected chi connectivity index (χ4v) is 2.95. The first-order valence-electron chi connectivity index (χ1n) is 7.33. The quantitative estimate of drug-likeness (QED) is 0.754. The van der Waals surface area contributed by atoms with Crippen LogP contribution in [0.3, 0.4) is 0 Å². The van der Waals surface area contributed by atoms with E-state index >= 15 is 0 Å². The molecule has 7 heteroatoms. The highest BCUT2D eigenvalue weighted by molar-refractivity contribution is 7.13. The van der Waals surface area contributed by atoms with Crippen LogP contribution in [-0.2, 0) is 11.2 Å². The Morgan fingerprint density at radius 3 is 2.91 bits per heavy atom. The second-order valence-corrected chi connectivity index (χ2v) is 6.07. The molecule has 0 saturated heterocycles. The van der Waals surface area contributed by atoms with Crippen molar-refractivity contribution in [3.05, 3.63) is 54.1 Å². The molecule has 0 aliphatic carbocycles. The van der Waals surface area contributed by atoms with Crippen LogP contribution in [-0.4, -0.2) is 32.2 Å². The molecule has 0 saturated carbocycles. The highest BCUT2D eigenvalue weighted by atomic mass is 32.1. The largest absolute Gasteiger partial charge is 0.354 e. The summed E-state index contributed by atoms with van der Waals surface area (Å²) in [5.74, 6) is -0.0399. The molecular formula is C16H17N5OS. The minimum atomic E-state index is -0.0399. The number of nitrogens with one attached hydrogen (secondary N) is 1. The van der Waals surface area contributed by atoms with Gasteiger partial charge >= 0.3 is 0 Å². The van der Waals surface area contributed by atoms with Crippen molar-refractivity contribution in [2.24, 2.45) is 0 Å². The Morgan fingerprint density at radius 1 is 1.35 bits per heavy atom. The molecule has 0 radical (unpaired) electrons. The van der Waals surface area contributed by atoms with Gasteiger partial charge in [-0.2, -0.15) is 5.10 Å². The molecule has 6 nitrogen and oxygen atoms in total. The van der Waals surface area contributed by atoms with Crippen LogP contribution in [0.4, 0.5) is 0 Å². The number of rotatable bonds is 6. The average molecular weight is 327 g/mol. The van der Waals surface area contributed by atoms with Crippen LogP contribution in [0.25, 0.3) is 10.6 Å². The van der Waals surface area contributed by atoms with E-state index in [1.54, 1.807) is 22.3 Å². The van der Waals surface area contributed by atoms with E-state index in [1.165, 1.54) is 6.33 Å². The molecule has 118 valence electrons. The van der Waals surface area contributed by atoms with Gasteiger partial charge in [0.25, 0.3) is 0 Å². The molecule has 3 aromatic rings. The predicted octanol–water partition coefficient (Wildman–Crippen LogP) is 2.32. The van der Waals surface area contributed by atoms with Gasteiger partial charge in [-0.1, -0.05) is 30.3 Å². The average Bonchev–Trinajstić information content (AvgIpc) is 3.25. The van der Waals surface area contributed by atoms with Gasteiger partial charge in [-0.05, 0) is 6.92 Å². The molecule has 1 N–H and O–H groups in total. The van der Waals surface area contributed by atoms with Gasteiger partial charge in [-0.15, -0.1) is 11.3 Å². The van der Waals surface area contributed by atoms with Crippen LogP contribution in [0.1, 0.15) is 18.7 Å². The van der Waals surface area contributed by atoms with Crippen LogP contribution < -0.4 is 5.32 Å². The zero-order valence-electron chi connectivity index (χ0n) is 12.7. The number of amides is 1. The number of thiazole rings is 1. The smallest absolute Gasteiger partial charge is 0.226 e. The molecule has 1 atom stereocenters. The molecule has 2 aromatic heterocycles. The van der Waals surface area contributed by atoms with Gasteiger partial charge in [0.05, 0.1) is 18.2 Å². The Hall–Kier alpha value is -2.54. The lowest BCUT2D eigenvalue weighted by Gasteiger charge is -2.12. The summed E-state index contributed by atoms with van der Waals surface area (Å²) < 4.78 is 1.72. The number of carbonyl (C=O) groups excluding carboxylic acids is 1. The maximum atomic E-state index is 12.0. The summed E-state index contributed by atoms with van der Waals surface area (Å²) in [4.78, 5) is 20.5. The molecule has 3 rings (SSSR count). The lowest BCUT2D eigenvalue weighted by Crippen LogP contribution is -2.31. The van der Waals surface area contributed by atoms with Gasteiger partial charge in [0.15, 0.2) is 0 Å². The molecular weight excluding hydrogens is 310 g/mol. The summed E-state index contributed by atoms with van der Waals surface area (Å²) in [5.41, 5.74) is 1.86. The molecule has 0 aliphatic heterocycles. The number of benzene rings is 1. The second-order valence-electron chi connectivity index (χ2n) is 5.22. The molecule has 2 heterocycles. The summed E-state index contributed by atoms with van der Waals surface area (Å²) >= 11 is 1.55. The molecule has 1 amide bonds. The number of aromatic nitrogens is 4. The van der Waals surface area contributed by atoms with Gasteiger partial charge in [0.2, 0.25) is 5.91 Å². The summed E-state index contributed by atoms with van der Waals surface area (Å²) in [6, 6.07) is 10.0. The first-order chi connectivity index (χ1) is 11.2. The number of hydrogen-bond acceptors (Lipinski definition) is 5. The molecule has 0 fully saturated rings. The van der Waals surface area contributed by atoms with E-state index in [9.17, 15) is 4.79 Å². The van der Waals surface area contributed by atoms with Gasteiger partial charge < -0.3 is 5.32 Å².